The standard InChI is InChI=1S/C26H31N7O4S/c1-16-14-27-22(28-15-16)13-17(2)38(18(3)34)32-26-31-30-25(19-9-7-12-23(29-19)37-6)33(26)24-20(35-4)10-8-11-21(24)36-5/h7-12,14-15,17,34H,13H2,1-6H3,(H,31,32)/t17-,38?/m0/s1. The topological polar surface area (TPSA) is 129 Å². The van der Waals surface area contributed by atoms with Gasteiger partial charge in [-0.05, 0) is 37.6 Å². The summed E-state index contributed by atoms with van der Waals surface area (Å²) < 4.78 is 21.9. The van der Waals surface area contributed by atoms with Crippen LogP contribution < -0.4 is 18.9 Å². The molecule has 1 unspecified atom stereocenters. The van der Waals surface area contributed by atoms with Crippen molar-refractivity contribution in [2.24, 2.45) is 0 Å². The molecule has 0 radical (unpaired) electrons. The van der Waals surface area contributed by atoms with Crippen LogP contribution >= 0.6 is 10.7 Å². The zero-order chi connectivity index (χ0) is 27.2. The number of aliphatic hydroxyl groups is 1. The van der Waals surface area contributed by atoms with Gasteiger partial charge in [0.05, 0.1) is 26.4 Å². The highest BCUT2D eigenvalue weighted by Gasteiger charge is 2.25. The number of anilines is 1. The quantitative estimate of drug-likeness (QED) is 0.281. The number of nitrogens with zero attached hydrogens (tertiary/aromatic N) is 6. The number of rotatable bonds is 10. The van der Waals surface area contributed by atoms with Gasteiger partial charge in [0.1, 0.15) is 28.7 Å². The largest absolute Gasteiger partial charge is 0.494 e. The smallest absolute Gasteiger partial charge is 0.239 e. The first-order chi connectivity index (χ1) is 18.4. The molecule has 0 aliphatic rings. The molecule has 200 valence electrons. The number of methoxy groups -OCH3 is 3. The minimum Gasteiger partial charge on any atom is -0.494 e. The van der Waals surface area contributed by atoms with E-state index in [1.807, 2.05) is 44.2 Å². The lowest BCUT2D eigenvalue weighted by molar-refractivity contribution is 0.391. The van der Waals surface area contributed by atoms with Gasteiger partial charge in [-0.2, -0.15) is 0 Å². The minimum atomic E-state index is -0.836. The molecule has 3 heterocycles. The SMILES string of the molecule is COc1cccc(-c2nnc(N/S(=C(\C)O)[C@@H](C)Cc3ncc(C)cn3)n2-c2c(OC)cccc2OC)n1. The second kappa shape index (κ2) is 12.0. The van der Waals surface area contributed by atoms with E-state index in [1.54, 1.807) is 51.3 Å². The Hall–Kier alpha value is -4.03. The summed E-state index contributed by atoms with van der Waals surface area (Å²) in [7, 11) is 3.88. The fourth-order valence-corrected chi connectivity index (χ4v) is 5.44. The number of aryl methyl sites for hydroxylation is 1. The highest BCUT2D eigenvalue weighted by molar-refractivity contribution is 8.17. The lowest BCUT2D eigenvalue weighted by Gasteiger charge is -2.22. The molecule has 0 fully saturated rings. The molecule has 0 aliphatic heterocycles. The second-order valence-electron chi connectivity index (χ2n) is 8.41. The van der Waals surface area contributed by atoms with Crippen molar-refractivity contribution in [3.8, 4) is 34.6 Å². The summed E-state index contributed by atoms with van der Waals surface area (Å²) in [6.07, 6.45) is 4.12. The van der Waals surface area contributed by atoms with Crippen LogP contribution in [0.4, 0.5) is 5.95 Å². The van der Waals surface area contributed by atoms with Gasteiger partial charge in [-0.3, -0.25) is 4.57 Å². The van der Waals surface area contributed by atoms with E-state index in [0.29, 0.717) is 52.8 Å². The summed E-state index contributed by atoms with van der Waals surface area (Å²) in [6.45, 7) is 5.63. The summed E-state index contributed by atoms with van der Waals surface area (Å²) in [5, 5.41) is 19.8. The van der Waals surface area contributed by atoms with Gasteiger partial charge in [0.2, 0.25) is 11.8 Å². The Kier molecular flexibility index (Phi) is 8.54. The Morgan fingerprint density at radius 1 is 1.00 bits per heavy atom. The Bertz CT molecular complexity index is 1410. The number of pyridine rings is 1. The first kappa shape index (κ1) is 27.0. The zero-order valence-electron chi connectivity index (χ0n) is 22.2. The Labute approximate surface area is 223 Å². The highest BCUT2D eigenvalue weighted by Crippen LogP contribution is 2.39. The maximum atomic E-state index is 10.7. The van der Waals surface area contributed by atoms with Crippen molar-refractivity contribution in [3.05, 3.63) is 60.2 Å². The zero-order valence-corrected chi connectivity index (χ0v) is 23.0. The molecule has 2 atom stereocenters. The van der Waals surface area contributed by atoms with Gasteiger partial charge in [-0.1, -0.05) is 29.7 Å². The predicted molar refractivity (Wildman–Crippen MR) is 149 cm³/mol. The van der Waals surface area contributed by atoms with E-state index < -0.39 is 10.7 Å². The van der Waals surface area contributed by atoms with E-state index in [2.05, 4.69) is 29.9 Å². The molecule has 4 rings (SSSR count). The Balaban J connectivity index is 1.84. The fourth-order valence-electron chi connectivity index (χ4n) is 3.86. The molecular weight excluding hydrogens is 506 g/mol. The third-order valence-electron chi connectivity index (χ3n) is 5.68. The van der Waals surface area contributed by atoms with Crippen LogP contribution in [0, 0.1) is 6.92 Å². The number of aliphatic hydroxyl groups excluding tert-OH is 1. The normalized spacial score (nSPS) is 13.0. The Morgan fingerprint density at radius 2 is 1.66 bits per heavy atom. The monoisotopic (exact) mass is 537 g/mol. The average Bonchev–Trinajstić information content (AvgIpc) is 3.35. The van der Waals surface area contributed by atoms with Crippen LogP contribution in [-0.4, -0.2) is 66.5 Å². The first-order valence-corrected chi connectivity index (χ1v) is 13.1. The number of hydrogen-bond donors (Lipinski definition) is 2. The van der Waals surface area contributed by atoms with Crippen LogP contribution in [0.15, 0.2) is 48.8 Å². The van der Waals surface area contributed by atoms with Crippen LogP contribution in [0.5, 0.6) is 17.4 Å². The number of para-hydroxylation sites is 1. The van der Waals surface area contributed by atoms with Crippen molar-refractivity contribution in [2.45, 2.75) is 32.4 Å². The first-order valence-electron chi connectivity index (χ1n) is 11.8. The molecule has 0 bridgehead atoms. The fraction of sp³-hybridized carbons (Fsp3) is 0.308. The van der Waals surface area contributed by atoms with E-state index in [9.17, 15) is 5.11 Å². The van der Waals surface area contributed by atoms with Crippen molar-refractivity contribution in [3.63, 3.8) is 0 Å². The molecule has 0 aliphatic carbocycles. The molecule has 12 heteroatoms. The molecular formula is C26H31N7O4S. The van der Waals surface area contributed by atoms with Crippen molar-refractivity contribution in [2.75, 3.05) is 26.1 Å². The predicted octanol–water partition coefficient (Wildman–Crippen LogP) is 4.39. The summed E-state index contributed by atoms with van der Waals surface area (Å²) in [5.74, 6) is 3.02. The summed E-state index contributed by atoms with van der Waals surface area (Å²) in [6, 6.07) is 10.9. The van der Waals surface area contributed by atoms with E-state index in [-0.39, 0.29) is 10.3 Å². The molecule has 0 saturated carbocycles. The summed E-state index contributed by atoms with van der Waals surface area (Å²) in [5.41, 5.74) is 2.10. The van der Waals surface area contributed by atoms with Crippen molar-refractivity contribution in [1.82, 2.24) is 29.7 Å². The van der Waals surface area contributed by atoms with Crippen LogP contribution in [0.1, 0.15) is 25.2 Å². The van der Waals surface area contributed by atoms with Gasteiger partial charge < -0.3 is 24.0 Å². The molecule has 38 heavy (non-hydrogen) atoms. The lowest BCUT2D eigenvalue weighted by Crippen LogP contribution is -2.17. The number of aromatic nitrogens is 6. The summed E-state index contributed by atoms with van der Waals surface area (Å²) in [4.78, 5) is 13.4. The van der Waals surface area contributed by atoms with Crippen LogP contribution in [0.2, 0.25) is 0 Å². The number of ether oxygens (including phenoxy) is 3. The third kappa shape index (κ3) is 5.76. The molecule has 11 nitrogen and oxygen atoms in total. The molecule has 4 aromatic rings. The maximum Gasteiger partial charge on any atom is 0.239 e. The van der Waals surface area contributed by atoms with E-state index in [1.165, 1.54) is 0 Å². The maximum absolute atomic E-state index is 10.7. The van der Waals surface area contributed by atoms with Gasteiger partial charge in [0.15, 0.2) is 5.82 Å². The van der Waals surface area contributed by atoms with E-state index >= 15 is 0 Å². The van der Waals surface area contributed by atoms with Gasteiger partial charge >= 0.3 is 0 Å². The molecule has 3 aromatic heterocycles. The van der Waals surface area contributed by atoms with Crippen LogP contribution in [-0.2, 0) is 6.42 Å². The van der Waals surface area contributed by atoms with Crippen LogP contribution in [0.25, 0.3) is 17.2 Å². The summed E-state index contributed by atoms with van der Waals surface area (Å²) >= 11 is 0. The molecule has 0 saturated heterocycles. The van der Waals surface area contributed by atoms with Crippen LogP contribution in [0.3, 0.4) is 0 Å². The van der Waals surface area contributed by atoms with Gasteiger partial charge in [-0.15, -0.1) is 10.2 Å². The van der Waals surface area contributed by atoms with E-state index in [0.717, 1.165) is 5.56 Å². The van der Waals surface area contributed by atoms with Gasteiger partial charge in [-0.25, -0.2) is 15.0 Å². The van der Waals surface area contributed by atoms with Crippen molar-refractivity contribution >= 4 is 21.7 Å². The van der Waals surface area contributed by atoms with Gasteiger partial charge in [0, 0.05) is 30.1 Å². The third-order valence-corrected chi connectivity index (χ3v) is 7.69. The Morgan fingerprint density at radius 3 is 2.26 bits per heavy atom. The minimum absolute atomic E-state index is 0.0641. The molecule has 1 aromatic carbocycles. The number of hydrogen-bond acceptors (Lipinski definition) is 9. The second-order valence-corrected chi connectivity index (χ2v) is 10.7. The highest BCUT2D eigenvalue weighted by atomic mass is 32.2. The van der Waals surface area contributed by atoms with Gasteiger partial charge in [0.25, 0.3) is 0 Å². The lowest BCUT2D eigenvalue weighted by atomic mass is 10.2. The average molecular weight is 538 g/mol. The molecule has 2 N–H and O–H groups in total. The molecule has 0 spiro atoms. The number of benzene rings is 1. The van der Waals surface area contributed by atoms with Crippen molar-refractivity contribution < 1.29 is 19.3 Å². The van der Waals surface area contributed by atoms with Crippen molar-refractivity contribution in [1.29, 1.82) is 0 Å². The van der Waals surface area contributed by atoms with E-state index in [4.69, 9.17) is 14.2 Å². The number of nitrogens with one attached hydrogen (secondary N) is 1. The molecule has 0 amide bonds.